The number of hydrogen-bond donors (Lipinski definition) is 2. The molecule has 1 aromatic carbocycles. The second-order valence-electron chi connectivity index (χ2n) is 8.14. The first-order chi connectivity index (χ1) is 15.3. The predicted molar refractivity (Wildman–Crippen MR) is 124 cm³/mol. The molecule has 0 spiro atoms. The molecule has 1 saturated heterocycles. The van der Waals surface area contributed by atoms with Crippen LogP contribution in [0.25, 0.3) is 11.3 Å². The van der Waals surface area contributed by atoms with Crippen LogP contribution in [0.15, 0.2) is 29.6 Å². The van der Waals surface area contributed by atoms with E-state index in [-0.39, 0.29) is 24.0 Å². The smallest absolute Gasteiger partial charge is 0.270 e. The molecule has 172 valence electrons. The number of benzene rings is 1. The highest BCUT2D eigenvalue weighted by molar-refractivity contribution is 7.14. The van der Waals surface area contributed by atoms with Crippen LogP contribution in [0.2, 0.25) is 0 Å². The van der Waals surface area contributed by atoms with Crippen LogP contribution >= 0.6 is 11.3 Å². The van der Waals surface area contributed by atoms with Gasteiger partial charge in [0.25, 0.3) is 5.69 Å². The number of piperazine rings is 1. The number of anilines is 1. The van der Waals surface area contributed by atoms with Crippen LogP contribution < -0.4 is 10.6 Å². The molecule has 0 saturated carbocycles. The van der Waals surface area contributed by atoms with Crippen molar-refractivity contribution < 1.29 is 14.5 Å². The minimum Gasteiger partial charge on any atom is -0.355 e. The van der Waals surface area contributed by atoms with Crippen molar-refractivity contribution in [3.8, 4) is 11.3 Å². The highest BCUT2D eigenvalue weighted by Crippen LogP contribution is 2.27. The summed E-state index contributed by atoms with van der Waals surface area (Å²) in [5, 5.41) is 18.9. The topological polar surface area (TPSA) is 121 Å². The first-order valence-corrected chi connectivity index (χ1v) is 11.4. The summed E-state index contributed by atoms with van der Waals surface area (Å²) in [6.07, 6.45) is 0. The van der Waals surface area contributed by atoms with E-state index < -0.39 is 4.92 Å². The monoisotopic (exact) mass is 460 g/mol. The van der Waals surface area contributed by atoms with Gasteiger partial charge in [-0.25, -0.2) is 4.98 Å². The van der Waals surface area contributed by atoms with Crippen molar-refractivity contribution in [2.75, 3.05) is 51.1 Å². The van der Waals surface area contributed by atoms with Crippen molar-refractivity contribution in [2.24, 2.45) is 5.92 Å². The molecule has 0 bridgehead atoms. The third-order valence-corrected chi connectivity index (χ3v) is 5.77. The molecule has 3 rings (SSSR count). The molecule has 1 aliphatic rings. The molecule has 2 amide bonds. The average molecular weight is 461 g/mol. The van der Waals surface area contributed by atoms with Crippen molar-refractivity contribution in [3.05, 3.63) is 39.8 Å². The molecule has 0 unspecified atom stereocenters. The van der Waals surface area contributed by atoms with Crippen LogP contribution in [0.4, 0.5) is 10.8 Å². The first-order valence-electron chi connectivity index (χ1n) is 10.5. The number of aromatic nitrogens is 1. The van der Waals surface area contributed by atoms with E-state index in [1.165, 1.54) is 23.5 Å². The summed E-state index contributed by atoms with van der Waals surface area (Å²) in [5.41, 5.74) is 1.21. The molecular formula is C21H28N6O4S. The van der Waals surface area contributed by atoms with Crippen LogP contribution in [0.3, 0.4) is 0 Å². The summed E-state index contributed by atoms with van der Waals surface area (Å²) in [6.45, 7) is 8.31. The minimum absolute atomic E-state index is 0.00219. The van der Waals surface area contributed by atoms with Crippen molar-refractivity contribution in [3.63, 3.8) is 0 Å². The van der Waals surface area contributed by atoms with Crippen LogP contribution in [-0.2, 0) is 9.59 Å². The lowest BCUT2D eigenvalue weighted by Crippen LogP contribution is -2.51. The Hall–Kier alpha value is -2.89. The maximum Gasteiger partial charge on any atom is 0.270 e. The predicted octanol–water partition coefficient (Wildman–Crippen LogP) is 2.05. The van der Waals surface area contributed by atoms with Crippen molar-refractivity contribution in [2.45, 2.75) is 13.8 Å². The lowest BCUT2D eigenvalue weighted by atomic mass is 10.1. The van der Waals surface area contributed by atoms with E-state index in [2.05, 4.69) is 34.4 Å². The van der Waals surface area contributed by atoms with Gasteiger partial charge in [-0.2, -0.15) is 0 Å². The molecule has 1 aromatic heterocycles. The Morgan fingerprint density at radius 3 is 2.44 bits per heavy atom. The summed E-state index contributed by atoms with van der Waals surface area (Å²) >= 11 is 1.28. The van der Waals surface area contributed by atoms with E-state index >= 15 is 0 Å². The van der Waals surface area contributed by atoms with Gasteiger partial charge < -0.3 is 10.6 Å². The van der Waals surface area contributed by atoms with Gasteiger partial charge in [0.1, 0.15) is 0 Å². The van der Waals surface area contributed by atoms with Gasteiger partial charge in [-0.05, 0) is 5.92 Å². The number of nitro benzene ring substituents is 1. The lowest BCUT2D eigenvalue weighted by molar-refractivity contribution is -0.384. The fraction of sp³-hybridized carbons (Fsp3) is 0.476. The van der Waals surface area contributed by atoms with Gasteiger partial charge >= 0.3 is 0 Å². The van der Waals surface area contributed by atoms with E-state index in [0.29, 0.717) is 48.5 Å². The van der Waals surface area contributed by atoms with Gasteiger partial charge in [-0.15, -0.1) is 11.3 Å². The van der Waals surface area contributed by atoms with Gasteiger partial charge in [-0.3, -0.25) is 29.5 Å². The molecule has 32 heavy (non-hydrogen) atoms. The molecule has 0 aliphatic carbocycles. The molecule has 2 N–H and O–H groups in total. The molecule has 2 heterocycles. The van der Waals surface area contributed by atoms with Crippen LogP contribution in [0.5, 0.6) is 0 Å². The van der Waals surface area contributed by atoms with E-state index in [4.69, 9.17) is 0 Å². The summed E-state index contributed by atoms with van der Waals surface area (Å²) in [4.78, 5) is 43.4. The number of hydrogen-bond acceptors (Lipinski definition) is 8. The number of thiazole rings is 1. The zero-order valence-corrected chi connectivity index (χ0v) is 19.1. The number of amides is 2. The Labute approximate surface area is 190 Å². The first kappa shape index (κ1) is 23.8. The second kappa shape index (κ2) is 11.1. The van der Waals surface area contributed by atoms with Crippen LogP contribution in [0, 0.1) is 16.0 Å². The Morgan fingerprint density at radius 2 is 1.81 bits per heavy atom. The molecule has 1 aliphatic heterocycles. The number of carbonyl (C=O) groups is 2. The average Bonchev–Trinajstić information content (AvgIpc) is 3.22. The third kappa shape index (κ3) is 7.08. The van der Waals surface area contributed by atoms with Crippen molar-refractivity contribution in [1.82, 2.24) is 20.1 Å². The highest BCUT2D eigenvalue weighted by Gasteiger charge is 2.21. The Morgan fingerprint density at radius 1 is 1.16 bits per heavy atom. The zero-order chi connectivity index (χ0) is 23.1. The van der Waals surface area contributed by atoms with E-state index in [1.54, 1.807) is 17.5 Å². The Balaban J connectivity index is 1.44. The van der Waals surface area contributed by atoms with Crippen LogP contribution in [0.1, 0.15) is 13.8 Å². The minimum atomic E-state index is -0.448. The van der Waals surface area contributed by atoms with Gasteiger partial charge in [-0.1, -0.05) is 26.0 Å². The normalized spacial score (nSPS) is 15.0. The number of nitro groups is 1. The number of nitrogens with one attached hydrogen (secondary N) is 2. The molecule has 11 heteroatoms. The van der Waals surface area contributed by atoms with E-state index in [0.717, 1.165) is 13.1 Å². The SMILES string of the molecule is CC(C)CNC(=O)CN1CCN(CC(=O)Nc2nc(-c3cccc([N+](=O)[O-])c3)cs2)CC1. The standard InChI is InChI=1S/C21H28N6O4S/c1-15(2)11-22-19(28)12-25-6-8-26(9-7-25)13-20(29)24-21-23-18(14-32-21)16-4-3-5-17(10-16)27(30)31/h3-5,10,14-15H,6-9,11-13H2,1-2H3,(H,22,28)(H,23,24,29). The maximum absolute atomic E-state index is 12.4. The summed E-state index contributed by atoms with van der Waals surface area (Å²) in [5.74, 6) is 0.302. The summed E-state index contributed by atoms with van der Waals surface area (Å²) in [7, 11) is 0. The fourth-order valence-electron chi connectivity index (χ4n) is 3.29. The molecule has 10 nitrogen and oxygen atoms in total. The molecule has 2 aromatic rings. The fourth-order valence-corrected chi connectivity index (χ4v) is 4.02. The summed E-state index contributed by atoms with van der Waals surface area (Å²) in [6, 6.07) is 6.24. The highest BCUT2D eigenvalue weighted by atomic mass is 32.1. The number of non-ortho nitro benzene ring substituents is 1. The molecule has 0 radical (unpaired) electrons. The summed E-state index contributed by atoms with van der Waals surface area (Å²) < 4.78 is 0. The van der Waals surface area contributed by atoms with Crippen molar-refractivity contribution in [1.29, 1.82) is 0 Å². The van der Waals surface area contributed by atoms with E-state index in [1.807, 2.05) is 4.90 Å². The lowest BCUT2D eigenvalue weighted by Gasteiger charge is -2.33. The van der Waals surface area contributed by atoms with Gasteiger partial charge in [0, 0.05) is 55.8 Å². The zero-order valence-electron chi connectivity index (χ0n) is 18.2. The van der Waals surface area contributed by atoms with Crippen molar-refractivity contribution >= 4 is 34.0 Å². The second-order valence-corrected chi connectivity index (χ2v) is 9.00. The molecular weight excluding hydrogens is 432 g/mol. The van der Waals surface area contributed by atoms with Gasteiger partial charge in [0.15, 0.2) is 5.13 Å². The largest absolute Gasteiger partial charge is 0.355 e. The number of carbonyl (C=O) groups excluding carboxylic acids is 2. The third-order valence-electron chi connectivity index (χ3n) is 5.01. The number of rotatable bonds is 9. The molecule has 0 atom stereocenters. The molecule has 1 fully saturated rings. The Bertz CT molecular complexity index is 955. The Kier molecular flexibility index (Phi) is 8.26. The maximum atomic E-state index is 12.4. The number of nitrogens with zero attached hydrogens (tertiary/aromatic N) is 4. The quantitative estimate of drug-likeness (QED) is 0.434. The van der Waals surface area contributed by atoms with Crippen LogP contribution in [-0.4, -0.2) is 77.3 Å². The van der Waals surface area contributed by atoms with E-state index in [9.17, 15) is 19.7 Å². The van der Waals surface area contributed by atoms with Gasteiger partial charge in [0.05, 0.1) is 23.7 Å². The van der Waals surface area contributed by atoms with Gasteiger partial charge in [0.2, 0.25) is 11.8 Å².